The fraction of sp³-hybridized carbons (Fsp3) is 0.417. The van der Waals surface area contributed by atoms with Gasteiger partial charge in [0.05, 0.1) is 0 Å². The van der Waals surface area contributed by atoms with E-state index in [-0.39, 0.29) is 25.0 Å². The molecule has 0 radical (unpaired) electrons. The summed E-state index contributed by atoms with van der Waals surface area (Å²) in [5, 5.41) is 3.49. The number of carbonyl (C=O) groups is 2. The first kappa shape index (κ1) is 23.7. The molecule has 0 saturated carbocycles. The summed E-state index contributed by atoms with van der Waals surface area (Å²) in [6.07, 6.45) is 0. The molecule has 0 aromatic heterocycles. The van der Waals surface area contributed by atoms with Gasteiger partial charge in [0.2, 0.25) is 5.91 Å². The van der Waals surface area contributed by atoms with Crippen molar-refractivity contribution in [2.24, 2.45) is 5.92 Å². The van der Waals surface area contributed by atoms with Crippen molar-refractivity contribution in [3.05, 3.63) is 64.2 Å². The standard InChI is InChI=1S/C24H31ClN2O3/c1-16(2)13-26-24(29)19(5)27(14-20-7-6-8-21(25)12-20)23(28)15-30-22-10-9-17(3)11-18(22)4/h6-12,16,19H,13-15H2,1-5H3,(H,26,29). The first-order valence-electron chi connectivity index (χ1n) is 10.2. The van der Waals surface area contributed by atoms with Crippen LogP contribution in [0.2, 0.25) is 5.02 Å². The SMILES string of the molecule is Cc1ccc(OCC(=O)N(Cc2cccc(Cl)c2)C(C)C(=O)NCC(C)C)c(C)c1. The molecule has 1 atom stereocenters. The van der Waals surface area contributed by atoms with Gasteiger partial charge >= 0.3 is 0 Å². The Kier molecular flexibility index (Phi) is 8.72. The monoisotopic (exact) mass is 430 g/mol. The van der Waals surface area contributed by atoms with Gasteiger partial charge in [0.1, 0.15) is 11.8 Å². The molecule has 2 aromatic carbocycles. The van der Waals surface area contributed by atoms with E-state index in [0.29, 0.717) is 23.2 Å². The van der Waals surface area contributed by atoms with Crippen LogP contribution >= 0.6 is 11.6 Å². The van der Waals surface area contributed by atoms with Gasteiger partial charge in [-0.05, 0) is 56.0 Å². The minimum atomic E-state index is -0.641. The number of nitrogens with one attached hydrogen (secondary N) is 1. The molecule has 0 heterocycles. The van der Waals surface area contributed by atoms with Crippen molar-refractivity contribution in [3.8, 4) is 5.75 Å². The van der Waals surface area contributed by atoms with Gasteiger partial charge in [-0.2, -0.15) is 0 Å². The average molecular weight is 431 g/mol. The molecular formula is C24H31ClN2O3. The van der Waals surface area contributed by atoms with Crippen molar-refractivity contribution in [2.75, 3.05) is 13.2 Å². The lowest BCUT2D eigenvalue weighted by molar-refractivity contribution is -0.142. The lowest BCUT2D eigenvalue weighted by Gasteiger charge is -2.29. The van der Waals surface area contributed by atoms with Crippen LogP contribution in [-0.2, 0) is 16.1 Å². The number of amides is 2. The molecule has 0 aliphatic heterocycles. The second-order valence-corrected chi connectivity index (χ2v) is 8.46. The van der Waals surface area contributed by atoms with Crippen LogP contribution in [0.5, 0.6) is 5.75 Å². The average Bonchev–Trinajstić information content (AvgIpc) is 2.68. The highest BCUT2D eigenvalue weighted by molar-refractivity contribution is 6.30. The highest BCUT2D eigenvalue weighted by atomic mass is 35.5. The van der Waals surface area contributed by atoms with Crippen molar-refractivity contribution in [3.63, 3.8) is 0 Å². The second-order valence-electron chi connectivity index (χ2n) is 8.02. The normalized spacial score (nSPS) is 11.8. The summed E-state index contributed by atoms with van der Waals surface area (Å²) in [7, 11) is 0. The smallest absolute Gasteiger partial charge is 0.261 e. The largest absolute Gasteiger partial charge is 0.483 e. The van der Waals surface area contributed by atoms with Crippen molar-refractivity contribution >= 4 is 23.4 Å². The predicted molar refractivity (Wildman–Crippen MR) is 121 cm³/mol. The van der Waals surface area contributed by atoms with Gasteiger partial charge in [-0.1, -0.05) is 55.3 Å². The van der Waals surface area contributed by atoms with Crippen LogP contribution in [0.25, 0.3) is 0 Å². The van der Waals surface area contributed by atoms with Crippen LogP contribution in [0, 0.1) is 19.8 Å². The fourth-order valence-corrected chi connectivity index (χ4v) is 3.26. The number of rotatable bonds is 9. The molecule has 5 nitrogen and oxygen atoms in total. The lowest BCUT2D eigenvalue weighted by Crippen LogP contribution is -2.49. The molecule has 30 heavy (non-hydrogen) atoms. The van der Waals surface area contributed by atoms with Gasteiger partial charge in [-0.15, -0.1) is 0 Å². The van der Waals surface area contributed by atoms with Crippen molar-refractivity contribution < 1.29 is 14.3 Å². The first-order chi connectivity index (χ1) is 14.2. The number of nitrogens with zero attached hydrogens (tertiary/aromatic N) is 1. The number of aryl methyl sites for hydroxylation is 2. The number of ether oxygens (including phenoxy) is 1. The van der Waals surface area contributed by atoms with Crippen LogP contribution < -0.4 is 10.1 Å². The summed E-state index contributed by atoms with van der Waals surface area (Å²) >= 11 is 6.10. The van der Waals surface area contributed by atoms with Gasteiger partial charge in [0.25, 0.3) is 5.91 Å². The maximum Gasteiger partial charge on any atom is 0.261 e. The maximum atomic E-state index is 13.1. The minimum Gasteiger partial charge on any atom is -0.483 e. The van der Waals surface area contributed by atoms with E-state index >= 15 is 0 Å². The van der Waals surface area contributed by atoms with Gasteiger partial charge in [0.15, 0.2) is 6.61 Å². The minimum absolute atomic E-state index is 0.147. The Morgan fingerprint density at radius 3 is 2.47 bits per heavy atom. The maximum absolute atomic E-state index is 13.1. The first-order valence-corrected chi connectivity index (χ1v) is 10.6. The van der Waals surface area contributed by atoms with Crippen LogP contribution in [0.3, 0.4) is 0 Å². The molecule has 0 saturated heterocycles. The van der Waals surface area contributed by atoms with E-state index in [1.165, 1.54) is 4.90 Å². The summed E-state index contributed by atoms with van der Waals surface area (Å²) in [4.78, 5) is 27.2. The summed E-state index contributed by atoms with van der Waals surface area (Å²) in [6.45, 7) is 10.4. The van der Waals surface area contributed by atoms with Crippen molar-refractivity contribution in [1.82, 2.24) is 10.2 Å². The number of benzene rings is 2. The molecule has 0 fully saturated rings. The lowest BCUT2D eigenvalue weighted by atomic mass is 10.1. The quantitative estimate of drug-likeness (QED) is 0.636. The Balaban J connectivity index is 2.15. The molecular weight excluding hydrogens is 400 g/mol. The van der Waals surface area contributed by atoms with E-state index in [0.717, 1.165) is 16.7 Å². The van der Waals surface area contributed by atoms with E-state index in [9.17, 15) is 9.59 Å². The van der Waals surface area contributed by atoms with Crippen LogP contribution in [-0.4, -0.2) is 35.9 Å². The van der Waals surface area contributed by atoms with Crippen molar-refractivity contribution in [1.29, 1.82) is 0 Å². The zero-order valence-corrected chi connectivity index (χ0v) is 19.1. The summed E-state index contributed by atoms with van der Waals surface area (Å²) in [5.74, 6) is 0.535. The van der Waals surface area contributed by atoms with E-state index in [2.05, 4.69) is 5.32 Å². The molecule has 0 aliphatic carbocycles. The summed E-state index contributed by atoms with van der Waals surface area (Å²) in [5.41, 5.74) is 2.95. The van der Waals surface area contributed by atoms with Gasteiger partial charge in [-0.3, -0.25) is 9.59 Å². The molecule has 6 heteroatoms. The van der Waals surface area contributed by atoms with E-state index in [1.807, 2.05) is 58.0 Å². The Bertz CT molecular complexity index is 883. The Labute approximate surface area is 184 Å². The van der Waals surface area contributed by atoms with E-state index < -0.39 is 6.04 Å². The molecule has 0 aliphatic rings. The number of hydrogen-bond donors (Lipinski definition) is 1. The Morgan fingerprint density at radius 2 is 1.83 bits per heavy atom. The molecule has 162 valence electrons. The molecule has 1 unspecified atom stereocenters. The van der Waals surface area contributed by atoms with Crippen LogP contribution in [0.1, 0.15) is 37.5 Å². The third-order valence-corrected chi connectivity index (χ3v) is 5.01. The topological polar surface area (TPSA) is 58.6 Å². The van der Waals surface area contributed by atoms with E-state index in [4.69, 9.17) is 16.3 Å². The molecule has 0 bridgehead atoms. The number of carbonyl (C=O) groups excluding carboxylic acids is 2. The fourth-order valence-electron chi connectivity index (χ4n) is 3.05. The van der Waals surface area contributed by atoms with E-state index in [1.54, 1.807) is 19.1 Å². The molecule has 2 rings (SSSR count). The Morgan fingerprint density at radius 1 is 1.10 bits per heavy atom. The Hall–Kier alpha value is -2.53. The highest BCUT2D eigenvalue weighted by Gasteiger charge is 2.26. The van der Waals surface area contributed by atoms with Crippen molar-refractivity contribution in [2.45, 2.75) is 47.2 Å². The predicted octanol–water partition coefficient (Wildman–Crippen LogP) is 4.53. The molecule has 2 aromatic rings. The molecule has 2 amide bonds. The summed E-state index contributed by atoms with van der Waals surface area (Å²) < 4.78 is 5.78. The summed E-state index contributed by atoms with van der Waals surface area (Å²) in [6, 6.07) is 12.5. The van der Waals surface area contributed by atoms with Gasteiger partial charge in [0, 0.05) is 18.1 Å². The van der Waals surface area contributed by atoms with Crippen LogP contribution in [0.15, 0.2) is 42.5 Å². The van der Waals surface area contributed by atoms with Gasteiger partial charge < -0.3 is 15.0 Å². The third kappa shape index (κ3) is 7.06. The zero-order chi connectivity index (χ0) is 22.3. The zero-order valence-electron chi connectivity index (χ0n) is 18.4. The van der Waals surface area contributed by atoms with Gasteiger partial charge in [-0.25, -0.2) is 0 Å². The number of halogens is 1. The second kappa shape index (κ2) is 11.0. The molecule has 0 spiro atoms. The number of hydrogen-bond acceptors (Lipinski definition) is 3. The third-order valence-electron chi connectivity index (χ3n) is 4.78. The molecule has 1 N–H and O–H groups in total. The van der Waals surface area contributed by atoms with Crippen LogP contribution in [0.4, 0.5) is 0 Å². The highest BCUT2D eigenvalue weighted by Crippen LogP contribution is 2.20.